The predicted molar refractivity (Wildman–Crippen MR) is 138 cm³/mol. The number of fused-ring (bicyclic) bond motifs is 12. The Labute approximate surface area is 208 Å². The molecule has 5 aliphatic rings. The minimum absolute atomic E-state index is 0.102. The summed E-state index contributed by atoms with van der Waals surface area (Å²) in [5, 5.41) is 0. The third-order valence-electron chi connectivity index (χ3n) is 14.1. The summed E-state index contributed by atoms with van der Waals surface area (Å²) in [5.74, 6) is 0. The molecule has 2 heterocycles. The van der Waals surface area contributed by atoms with Gasteiger partial charge in [-0.25, -0.2) is 0 Å². The number of hydrogen-bond acceptors (Lipinski definition) is 1. The highest BCUT2D eigenvalue weighted by Gasteiger charge is 3.02. The van der Waals surface area contributed by atoms with E-state index < -0.39 is 11.2 Å². The summed E-state index contributed by atoms with van der Waals surface area (Å²) < 4.78 is 7.97. The van der Waals surface area contributed by atoms with E-state index in [-0.39, 0.29) is 10.8 Å². The molecule has 2 unspecified atom stereocenters. The van der Waals surface area contributed by atoms with Gasteiger partial charge in [-0.3, -0.25) is 0 Å². The van der Waals surface area contributed by atoms with E-state index in [1.807, 2.05) is 0 Å². The van der Waals surface area contributed by atoms with Crippen LogP contribution >= 0.6 is 0 Å². The van der Waals surface area contributed by atoms with Crippen molar-refractivity contribution in [3.63, 3.8) is 0 Å². The van der Waals surface area contributed by atoms with Crippen LogP contribution in [0.25, 0.3) is 0 Å². The molecule has 1 nitrogen and oxygen atoms in total. The summed E-state index contributed by atoms with van der Waals surface area (Å²) in [5.41, 5.74) is 6.45. The molecular formula is C34H34O. The zero-order valence-electron chi connectivity index (χ0n) is 21.3. The van der Waals surface area contributed by atoms with Gasteiger partial charge in [0.15, 0.2) is 0 Å². The molecule has 2 spiro atoms. The van der Waals surface area contributed by atoms with E-state index in [0.717, 1.165) is 0 Å². The summed E-state index contributed by atoms with van der Waals surface area (Å²) in [6.45, 7) is 10.6. The highest BCUT2D eigenvalue weighted by Crippen LogP contribution is 3.05. The van der Waals surface area contributed by atoms with Crippen molar-refractivity contribution in [2.24, 2.45) is 32.5 Å². The first-order valence-corrected chi connectivity index (χ1v) is 13.6. The Kier molecular flexibility index (Phi) is 2.85. The summed E-state index contributed by atoms with van der Waals surface area (Å²) in [7, 11) is 0. The molecule has 2 aliphatic heterocycles. The van der Waals surface area contributed by atoms with Crippen LogP contribution in [0.3, 0.4) is 0 Å². The molecule has 3 aromatic rings. The van der Waals surface area contributed by atoms with Crippen molar-refractivity contribution in [2.75, 3.05) is 0 Å². The van der Waals surface area contributed by atoms with Crippen molar-refractivity contribution >= 4 is 0 Å². The summed E-state index contributed by atoms with van der Waals surface area (Å²) in [4.78, 5) is 0. The zero-order chi connectivity index (χ0) is 23.7. The van der Waals surface area contributed by atoms with Crippen LogP contribution in [0.2, 0.25) is 0 Å². The molecule has 3 saturated carbocycles. The van der Waals surface area contributed by atoms with Gasteiger partial charge in [-0.15, -0.1) is 0 Å². The third-order valence-corrected chi connectivity index (χ3v) is 14.1. The van der Waals surface area contributed by atoms with Crippen LogP contribution < -0.4 is 0 Å². The Morgan fingerprint density at radius 3 is 1.11 bits per heavy atom. The number of benzene rings is 3. The first-order valence-electron chi connectivity index (χ1n) is 13.6. The highest BCUT2D eigenvalue weighted by molar-refractivity contribution is 5.65. The molecule has 1 saturated heterocycles. The fourth-order valence-corrected chi connectivity index (χ4v) is 12.8. The smallest absolute Gasteiger partial charge is 0.126 e. The molecule has 8 rings (SSSR count). The van der Waals surface area contributed by atoms with E-state index in [0.29, 0.717) is 21.7 Å². The van der Waals surface area contributed by atoms with Gasteiger partial charge in [0, 0.05) is 10.8 Å². The van der Waals surface area contributed by atoms with E-state index in [1.54, 1.807) is 0 Å². The van der Waals surface area contributed by atoms with Gasteiger partial charge in [0.05, 0.1) is 0 Å². The lowest BCUT2D eigenvalue weighted by Crippen LogP contribution is -2.70. The maximum Gasteiger partial charge on any atom is 0.126 e. The van der Waals surface area contributed by atoms with E-state index >= 15 is 0 Å². The van der Waals surface area contributed by atoms with E-state index in [4.69, 9.17) is 4.74 Å². The van der Waals surface area contributed by atoms with Crippen LogP contribution in [-0.2, 0) is 15.9 Å². The van der Waals surface area contributed by atoms with E-state index in [9.17, 15) is 0 Å². The molecule has 1 heteroatoms. The fourth-order valence-electron chi connectivity index (χ4n) is 12.8. The first-order chi connectivity index (χ1) is 16.7. The Morgan fingerprint density at radius 1 is 0.457 bits per heavy atom. The van der Waals surface area contributed by atoms with Crippen LogP contribution in [0.5, 0.6) is 0 Å². The minimum Gasteiger partial charge on any atom is -0.348 e. The summed E-state index contributed by atoms with van der Waals surface area (Å²) >= 11 is 0. The molecule has 4 fully saturated rings. The average Bonchev–Trinajstić information content (AvgIpc) is 3.45. The van der Waals surface area contributed by atoms with Gasteiger partial charge in [-0.1, -0.05) is 113 Å². The zero-order valence-corrected chi connectivity index (χ0v) is 21.3. The third kappa shape index (κ3) is 1.38. The van der Waals surface area contributed by atoms with E-state index in [2.05, 4.69) is 113 Å². The Bertz CT molecular complexity index is 1300. The Morgan fingerprint density at radius 2 is 0.771 bits per heavy atom. The van der Waals surface area contributed by atoms with Crippen molar-refractivity contribution < 1.29 is 4.74 Å². The molecule has 3 aliphatic carbocycles. The van der Waals surface area contributed by atoms with Crippen molar-refractivity contribution in [1.29, 1.82) is 0 Å². The first kappa shape index (κ1) is 19.8. The second kappa shape index (κ2) is 5.05. The normalized spacial score (nSPS) is 52.9. The highest BCUT2D eigenvalue weighted by atomic mass is 16.5. The second-order valence-electron chi connectivity index (χ2n) is 13.9. The monoisotopic (exact) mass is 458 g/mol. The summed E-state index contributed by atoms with van der Waals surface area (Å²) in [6, 6.07) is 32.0. The van der Waals surface area contributed by atoms with E-state index in [1.165, 1.54) is 47.9 Å². The lowest BCUT2D eigenvalue weighted by molar-refractivity contribution is -0.283. The molecule has 2 bridgehead atoms. The molecule has 35 heavy (non-hydrogen) atoms. The van der Waals surface area contributed by atoms with Gasteiger partial charge in [0.25, 0.3) is 0 Å². The van der Waals surface area contributed by atoms with Gasteiger partial charge in [-0.05, 0) is 69.6 Å². The lowest BCUT2D eigenvalue weighted by Gasteiger charge is -2.76. The largest absolute Gasteiger partial charge is 0.348 e. The molecule has 3 aromatic carbocycles. The Hall–Kier alpha value is -2.38. The topological polar surface area (TPSA) is 9.23 Å². The Balaban J connectivity index is 1.49. The average molecular weight is 459 g/mol. The molecule has 176 valence electrons. The number of hydrogen-bond donors (Lipinski definition) is 0. The van der Waals surface area contributed by atoms with Crippen molar-refractivity contribution in [2.45, 2.75) is 64.6 Å². The number of rotatable bonds is 2. The van der Waals surface area contributed by atoms with Gasteiger partial charge < -0.3 is 4.74 Å². The van der Waals surface area contributed by atoms with Crippen molar-refractivity contribution in [3.8, 4) is 0 Å². The molecular weight excluding hydrogens is 424 g/mol. The predicted octanol–water partition coefficient (Wildman–Crippen LogP) is 7.83. The fraction of sp³-hybridized carbons (Fsp3) is 0.471. The minimum atomic E-state index is -0.396. The lowest BCUT2D eigenvalue weighted by atomic mass is 9.28. The SMILES string of the molecule is CC12CC34CC1(C)C1(C)CC3(CC21C)C1(c2ccccc2)OC4(c2ccccc2)c2ccccc21. The van der Waals surface area contributed by atoms with Crippen LogP contribution in [0.4, 0.5) is 0 Å². The second-order valence-corrected chi connectivity index (χ2v) is 13.9. The molecule has 0 amide bonds. The maximum atomic E-state index is 7.97. The van der Waals surface area contributed by atoms with Gasteiger partial charge in [-0.2, -0.15) is 0 Å². The molecule has 0 N–H and O–H groups in total. The molecule has 0 aromatic heterocycles. The van der Waals surface area contributed by atoms with Gasteiger partial charge >= 0.3 is 0 Å². The van der Waals surface area contributed by atoms with Crippen LogP contribution in [0.1, 0.15) is 75.6 Å². The summed E-state index contributed by atoms with van der Waals surface area (Å²) in [6.07, 6.45) is 5.11. The van der Waals surface area contributed by atoms with Crippen molar-refractivity contribution in [3.05, 3.63) is 107 Å². The molecule has 2 atom stereocenters. The number of ether oxygens (including phenoxy) is 1. The standard InChI is InChI=1S/C34H34O/c1-27-19-31-20-28(27,2)30(4)22-32(31,21-29(27,30)3)34(24-15-9-6-10-16-24)26-18-12-11-17-25(26)33(31,35-34)23-13-7-5-8-14-23/h5-18H,19-22H2,1-4H3. The quantitative estimate of drug-likeness (QED) is 0.380. The van der Waals surface area contributed by atoms with Gasteiger partial charge in [0.2, 0.25) is 0 Å². The van der Waals surface area contributed by atoms with Crippen LogP contribution in [0, 0.1) is 32.5 Å². The van der Waals surface area contributed by atoms with Crippen LogP contribution in [0.15, 0.2) is 84.9 Å². The maximum absolute atomic E-state index is 7.97. The van der Waals surface area contributed by atoms with Crippen LogP contribution in [-0.4, -0.2) is 0 Å². The molecule has 0 radical (unpaired) electrons. The van der Waals surface area contributed by atoms with Gasteiger partial charge in [0.1, 0.15) is 11.2 Å². The van der Waals surface area contributed by atoms with Crippen molar-refractivity contribution in [1.82, 2.24) is 0 Å².